The van der Waals surface area contributed by atoms with Crippen LogP contribution in [0.3, 0.4) is 0 Å². The average molecular weight is 367 g/mol. The van der Waals surface area contributed by atoms with Crippen molar-refractivity contribution in [1.29, 1.82) is 0 Å². The molecule has 1 N–H and O–H groups in total. The summed E-state index contributed by atoms with van der Waals surface area (Å²) < 4.78 is 27.8. The molecule has 0 atom stereocenters. The zero-order valence-electron chi connectivity index (χ0n) is 13.9. The maximum absolute atomic E-state index is 12.4. The summed E-state index contributed by atoms with van der Waals surface area (Å²) in [6.07, 6.45) is 2.42. The average Bonchev–Trinajstić information content (AvgIpc) is 3.06. The Kier molecular flexibility index (Phi) is 5.07. The predicted molar refractivity (Wildman–Crippen MR) is 98.5 cm³/mol. The first-order chi connectivity index (χ1) is 11.5. The fourth-order valence-corrected chi connectivity index (χ4v) is 4.91. The fraction of sp³-hybridized carbons (Fsp3) is 0.438. The van der Waals surface area contributed by atoms with Gasteiger partial charge in [0.2, 0.25) is 0 Å². The number of nitrogens with zero attached hydrogens (tertiary/aromatic N) is 3. The van der Waals surface area contributed by atoms with Crippen molar-refractivity contribution in [1.82, 2.24) is 9.88 Å². The van der Waals surface area contributed by atoms with Crippen molar-refractivity contribution in [3.8, 4) is 0 Å². The van der Waals surface area contributed by atoms with Crippen molar-refractivity contribution in [2.75, 3.05) is 42.8 Å². The molecule has 8 heteroatoms. The van der Waals surface area contributed by atoms with Crippen molar-refractivity contribution >= 4 is 32.9 Å². The number of sulfonamides is 1. The maximum atomic E-state index is 12.4. The minimum absolute atomic E-state index is 0.336. The Balaban J connectivity index is 1.69. The summed E-state index contributed by atoms with van der Waals surface area (Å²) in [6.45, 7) is 5.90. The van der Waals surface area contributed by atoms with E-state index in [9.17, 15) is 8.42 Å². The summed E-state index contributed by atoms with van der Waals surface area (Å²) in [5, 5.41) is 0. The topological polar surface area (TPSA) is 65.5 Å². The summed E-state index contributed by atoms with van der Waals surface area (Å²) in [5.41, 5.74) is 0.485. The van der Waals surface area contributed by atoms with E-state index in [0.717, 1.165) is 43.3 Å². The number of thiophene rings is 1. The molecular weight excluding hydrogens is 344 g/mol. The van der Waals surface area contributed by atoms with Crippen LogP contribution in [0.2, 0.25) is 0 Å². The molecule has 6 nitrogen and oxygen atoms in total. The lowest BCUT2D eigenvalue weighted by molar-refractivity contribution is 0.312. The van der Waals surface area contributed by atoms with Gasteiger partial charge >= 0.3 is 0 Å². The van der Waals surface area contributed by atoms with E-state index < -0.39 is 10.0 Å². The molecular formula is C16H22N4O2S2. The monoisotopic (exact) mass is 366 g/mol. The van der Waals surface area contributed by atoms with Crippen molar-refractivity contribution in [3.63, 3.8) is 0 Å². The highest BCUT2D eigenvalue weighted by atomic mass is 32.2. The summed E-state index contributed by atoms with van der Waals surface area (Å²) >= 11 is 1.30. The smallest absolute Gasteiger partial charge is 0.271 e. The minimum atomic E-state index is -3.54. The molecule has 0 aliphatic carbocycles. The Labute approximate surface area is 147 Å². The van der Waals surface area contributed by atoms with Gasteiger partial charge in [-0.3, -0.25) is 4.72 Å². The third-order valence-corrected chi connectivity index (χ3v) is 7.18. The lowest BCUT2D eigenvalue weighted by Crippen LogP contribution is -2.44. The van der Waals surface area contributed by atoms with Gasteiger partial charge in [-0.25, -0.2) is 13.4 Å². The first-order valence-corrected chi connectivity index (χ1v) is 10.3. The second-order valence-electron chi connectivity index (χ2n) is 5.88. The number of hydrogen-bond donors (Lipinski definition) is 1. The van der Waals surface area contributed by atoms with E-state index >= 15 is 0 Å². The third-order valence-electron chi connectivity index (χ3n) is 4.08. The summed E-state index contributed by atoms with van der Waals surface area (Å²) in [4.78, 5) is 9.96. The van der Waals surface area contributed by atoms with Gasteiger partial charge in [-0.2, -0.15) is 0 Å². The predicted octanol–water partition coefficient (Wildman–Crippen LogP) is 2.26. The maximum Gasteiger partial charge on any atom is 0.271 e. The van der Waals surface area contributed by atoms with Gasteiger partial charge in [0.05, 0.1) is 11.9 Å². The molecule has 3 heterocycles. The van der Waals surface area contributed by atoms with Gasteiger partial charge in [-0.05, 0) is 37.7 Å². The highest BCUT2D eigenvalue weighted by Gasteiger charge is 2.18. The van der Waals surface area contributed by atoms with Crippen LogP contribution in [0.1, 0.15) is 11.8 Å². The number of likely N-dealkylation sites (N-methyl/N-ethyl adjacent to an activating group) is 1. The van der Waals surface area contributed by atoms with E-state index in [-0.39, 0.29) is 0 Å². The Morgan fingerprint density at radius 1 is 1.17 bits per heavy atom. The van der Waals surface area contributed by atoms with Crippen LogP contribution in [0.15, 0.2) is 34.7 Å². The summed E-state index contributed by atoms with van der Waals surface area (Å²) in [5.74, 6) is 0.885. The molecule has 0 bridgehead atoms. The number of hydrogen-bond acceptors (Lipinski definition) is 6. The van der Waals surface area contributed by atoms with E-state index in [1.807, 2.05) is 19.1 Å². The molecule has 24 heavy (non-hydrogen) atoms. The number of pyridine rings is 1. The van der Waals surface area contributed by atoms with Crippen LogP contribution in [0.5, 0.6) is 0 Å². The number of nitrogens with one attached hydrogen (secondary N) is 1. The van der Waals surface area contributed by atoms with E-state index in [2.05, 4.69) is 26.6 Å². The second-order valence-corrected chi connectivity index (χ2v) is 8.95. The summed E-state index contributed by atoms with van der Waals surface area (Å²) in [6, 6.07) is 7.15. The number of piperazine rings is 1. The Morgan fingerprint density at radius 3 is 2.50 bits per heavy atom. The molecule has 1 saturated heterocycles. The van der Waals surface area contributed by atoms with Gasteiger partial charge in [0.25, 0.3) is 10.0 Å². The molecule has 3 rings (SSSR count). The van der Waals surface area contributed by atoms with Gasteiger partial charge in [-0.15, -0.1) is 11.3 Å². The van der Waals surface area contributed by atoms with Crippen molar-refractivity contribution < 1.29 is 8.42 Å². The van der Waals surface area contributed by atoms with Gasteiger partial charge in [-0.1, -0.05) is 6.92 Å². The Hall–Kier alpha value is -1.64. The molecule has 2 aromatic heterocycles. The molecule has 1 fully saturated rings. The van der Waals surface area contributed by atoms with Crippen LogP contribution in [0, 0.1) is 0 Å². The van der Waals surface area contributed by atoms with E-state index in [0.29, 0.717) is 9.90 Å². The highest BCUT2D eigenvalue weighted by Crippen LogP contribution is 2.25. The molecule has 0 saturated carbocycles. The van der Waals surface area contributed by atoms with Crippen LogP contribution in [-0.4, -0.2) is 51.5 Å². The first kappa shape index (κ1) is 17.2. The van der Waals surface area contributed by atoms with Gasteiger partial charge in [0, 0.05) is 31.1 Å². The normalized spacial score (nSPS) is 16.3. The van der Waals surface area contributed by atoms with Crippen molar-refractivity contribution in [2.24, 2.45) is 0 Å². The quantitative estimate of drug-likeness (QED) is 0.879. The second kappa shape index (κ2) is 7.08. The lowest BCUT2D eigenvalue weighted by Gasteiger charge is -2.33. The minimum Gasteiger partial charge on any atom is -0.354 e. The van der Waals surface area contributed by atoms with Crippen LogP contribution >= 0.6 is 11.3 Å². The molecule has 2 aromatic rings. The molecule has 0 aromatic carbocycles. The summed E-state index contributed by atoms with van der Waals surface area (Å²) in [7, 11) is -1.43. The molecule has 130 valence electrons. The standard InChI is InChI=1S/C16H22N4O2S2/c1-3-14-5-7-16(23-14)24(21,22)18-13-4-6-15(17-12-13)20-10-8-19(2)9-11-20/h4-7,12,18H,3,8-11H2,1-2H3. The van der Waals surface area contributed by atoms with Crippen LogP contribution in [0.25, 0.3) is 0 Å². The number of anilines is 2. The molecule has 1 aliphatic heterocycles. The van der Waals surface area contributed by atoms with Crippen LogP contribution < -0.4 is 9.62 Å². The molecule has 0 amide bonds. The van der Waals surface area contributed by atoms with Crippen molar-refractivity contribution in [3.05, 3.63) is 35.3 Å². The van der Waals surface area contributed by atoms with Crippen LogP contribution in [-0.2, 0) is 16.4 Å². The fourth-order valence-electron chi connectivity index (χ4n) is 2.57. The first-order valence-electron chi connectivity index (χ1n) is 7.99. The van der Waals surface area contributed by atoms with Crippen LogP contribution in [0.4, 0.5) is 11.5 Å². The zero-order valence-corrected chi connectivity index (χ0v) is 15.5. The zero-order chi connectivity index (χ0) is 17.2. The molecule has 1 aliphatic rings. The Bertz CT molecular complexity index is 779. The van der Waals surface area contributed by atoms with E-state index in [4.69, 9.17) is 0 Å². The van der Waals surface area contributed by atoms with E-state index in [1.54, 1.807) is 18.3 Å². The molecule has 0 unspecified atom stereocenters. The van der Waals surface area contributed by atoms with Gasteiger partial charge < -0.3 is 9.80 Å². The molecule has 0 radical (unpaired) electrons. The van der Waals surface area contributed by atoms with Gasteiger partial charge in [0.1, 0.15) is 10.0 Å². The van der Waals surface area contributed by atoms with Gasteiger partial charge in [0.15, 0.2) is 0 Å². The van der Waals surface area contributed by atoms with Crippen molar-refractivity contribution in [2.45, 2.75) is 17.6 Å². The molecule has 0 spiro atoms. The number of aryl methyl sites for hydroxylation is 1. The third kappa shape index (κ3) is 3.88. The Morgan fingerprint density at radius 2 is 1.92 bits per heavy atom. The highest BCUT2D eigenvalue weighted by molar-refractivity contribution is 7.94. The number of rotatable bonds is 5. The lowest BCUT2D eigenvalue weighted by atomic mass is 10.3. The SMILES string of the molecule is CCc1ccc(S(=O)(=O)Nc2ccc(N3CCN(C)CC3)nc2)s1. The van der Waals surface area contributed by atoms with E-state index in [1.165, 1.54) is 11.3 Å². The number of aromatic nitrogens is 1. The largest absolute Gasteiger partial charge is 0.354 e.